The number of likely N-dealkylation sites (tertiary alicyclic amines) is 1. The van der Waals surface area contributed by atoms with E-state index in [0.29, 0.717) is 29.1 Å². The minimum atomic E-state index is 0.0737. The number of nitrogens with zero attached hydrogens (tertiary/aromatic N) is 3. The molecule has 0 aromatic carbocycles. The molecule has 4 rings (SSSR count). The monoisotopic (exact) mass is 338 g/mol. The van der Waals surface area contributed by atoms with Gasteiger partial charge in [0.25, 0.3) is 5.56 Å². The number of nitrogen functional groups attached to an aromatic ring is 1. The van der Waals surface area contributed by atoms with Crippen molar-refractivity contribution in [3.8, 4) is 11.3 Å². The molecule has 2 aliphatic rings. The van der Waals surface area contributed by atoms with E-state index in [1.807, 2.05) is 16.7 Å². The third kappa shape index (κ3) is 3.09. The third-order valence-electron chi connectivity index (χ3n) is 5.37. The van der Waals surface area contributed by atoms with E-state index in [-0.39, 0.29) is 5.56 Å². The molecule has 5 nitrogen and oxygen atoms in total. The van der Waals surface area contributed by atoms with Crippen molar-refractivity contribution in [2.45, 2.75) is 32.7 Å². The van der Waals surface area contributed by atoms with E-state index in [4.69, 9.17) is 5.73 Å². The van der Waals surface area contributed by atoms with Crippen LogP contribution in [0.25, 0.3) is 11.3 Å². The van der Waals surface area contributed by atoms with E-state index in [0.717, 1.165) is 37.4 Å². The zero-order valence-corrected chi connectivity index (χ0v) is 15.0. The third-order valence-corrected chi connectivity index (χ3v) is 5.37. The van der Waals surface area contributed by atoms with Gasteiger partial charge in [-0.05, 0) is 36.5 Å². The molecule has 0 amide bonds. The van der Waals surface area contributed by atoms with Gasteiger partial charge in [-0.3, -0.25) is 9.78 Å². The van der Waals surface area contributed by atoms with Gasteiger partial charge in [0.15, 0.2) is 0 Å². The molecule has 5 heteroatoms. The Balaban J connectivity index is 1.73. The average molecular weight is 338 g/mol. The van der Waals surface area contributed by atoms with Crippen LogP contribution in [0.1, 0.15) is 31.9 Å². The first kappa shape index (κ1) is 16.3. The molecule has 2 aromatic heterocycles. The second-order valence-electron chi connectivity index (χ2n) is 7.97. The molecule has 2 aliphatic heterocycles. The number of pyridine rings is 2. The second-order valence-corrected chi connectivity index (χ2v) is 7.97. The smallest absolute Gasteiger partial charge is 0.251 e. The van der Waals surface area contributed by atoms with Crippen molar-refractivity contribution in [2.75, 3.05) is 25.4 Å². The number of nitrogens with two attached hydrogens (primary N) is 1. The predicted molar refractivity (Wildman–Crippen MR) is 100 cm³/mol. The molecule has 1 saturated heterocycles. The number of rotatable bonds is 3. The maximum atomic E-state index is 12.7. The Kier molecular flexibility index (Phi) is 4.12. The van der Waals surface area contributed by atoms with Crippen molar-refractivity contribution in [3.63, 3.8) is 0 Å². The first-order valence-electron chi connectivity index (χ1n) is 9.19. The lowest BCUT2D eigenvalue weighted by molar-refractivity contribution is 0.109. The van der Waals surface area contributed by atoms with E-state index in [2.05, 4.69) is 29.8 Å². The number of piperidine rings is 1. The summed E-state index contributed by atoms with van der Waals surface area (Å²) in [4.78, 5) is 19.7. The van der Waals surface area contributed by atoms with Gasteiger partial charge in [-0.2, -0.15) is 0 Å². The molecular formula is C20H26N4O. The summed E-state index contributed by atoms with van der Waals surface area (Å²) in [6, 6.07) is 7.48. The summed E-state index contributed by atoms with van der Waals surface area (Å²) >= 11 is 0. The molecule has 0 unspecified atom stereocenters. The van der Waals surface area contributed by atoms with Crippen molar-refractivity contribution in [1.29, 1.82) is 0 Å². The van der Waals surface area contributed by atoms with E-state index >= 15 is 0 Å². The van der Waals surface area contributed by atoms with Crippen LogP contribution in [0.3, 0.4) is 0 Å². The van der Waals surface area contributed by atoms with Crippen molar-refractivity contribution in [2.24, 2.45) is 11.8 Å². The van der Waals surface area contributed by atoms with Crippen molar-refractivity contribution in [1.82, 2.24) is 14.5 Å². The van der Waals surface area contributed by atoms with Gasteiger partial charge in [-0.25, -0.2) is 0 Å². The van der Waals surface area contributed by atoms with Gasteiger partial charge in [-0.1, -0.05) is 13.8 Å². The fourth-order valence-corrected chi connectivity index (χ4v) is 4.52. The molecule has 132 valence electrons. The lowest BCUT2D eigenvalue weighted by Gasteiger charge is -2.43. The van der Waals surface area contributed by atoms with Crippen molar-refractivity contribution < 1.29 is 0 Å². The number of fused-ring (bicyclic) bond motifs is 4. The lowest BCUT2D eigenvalue weighted by Crippen LogP contribution is -2.48. The first-order chi connectivity index (χ1) is 12.0. The molecule has 2 atom stereocenters. The molecule has 0 aliphatic carbocycles. The molecule has 0 radical (unpaired) electrons. The summed E-state index contributed by atoms with van der Waals surface area (Å²) in [5.74, 6) is 1.66. The van der Waals surface area contributed by atoms with Gasteiger partial charge in [0.05, 0.1) is 11.4 Å². The predicted octanol–water partition coefficient (Wildman–Crippen LogP) is 2.57. The Hall–Kier alpha value is -2.14. The van der Waals surface area contributed by atoms with Crippen LogP contribution in [0.15, 0.2) is 35.3 Å². The average Bonchev–Trinajstić information content (AvgIpc) is 2.55. The largest absolute Gasteiger partial charge is 0.397 e. The van der Waals surface area contributed by atoms with Crippen LogP contribution < -0.4 is 11.3 Å². The standard InChI is InChI=1S/C20H26N4O/c1-13(2)9-23-10-14-6-16(12-23)18-7-15(8-19(25)24(18)11-14)20-17(21)4-3-5-22-20/h3-5,7-8,13-14,16H,6,9-12,21H2,1-2H3/t14-,16+/m0/s1. The van der Waals surface area contributed by atoms with E-state index in [9.17, 15) is 4.79 Å². The van der Waals surface area contributed by atoms with Crippen LogP contribution in [0.2, 0.25) is 0 Å². The summed E-state index contributed by atoms with van der Waals surface area (Å²) in [5.41, 5.74) is 9.47. The quantitative estimate of drug-likeness (QED) is 0.934. The summed E-state index contributed by atoms with van der Waals surface area (Å²) in [6.07, 6.45) is 2.90. The Bertz CT molecular complexity index is 842. The number of aromatic nitrogens is 2. The molecule has 0 spiro atoms. The number of hydrogen-bond acceptors (Lipinski definition) is 4. The molecule has 25 heavy (non-hydrogen) atoms. The van der Waals surface area contributed by atoms with Crippen LogP contribution in [0.4, 0.5) is 5.69 Å². The summed E-state index contributed by atoms with van der Waals surface area (Å²) < 4.78 is 1.98. The molecule has 2 aromatic rings. The fourth-order valence-electron chi connectivity index (χ4n) is 4.52. The van der Waals surface area contributed by atoms with Gasteiger partial charge < -0.3 is 15.2 Å². The Labute approximate surface area is 148 Å². The summed E-state index contributed by atoms with van der Waals surface area (Å²) in [5, 5.41) is 0. The van der Waals surface area contributed by atoms with Crippen LogP contribution >= 0.6 is 0 Å². The number of anilines is 1. The van der Waals surface area contributed by atoms with E-state index in [1.54, 1.807) is 12.3 Å². The second kappa shape index (κ2) is 6.30. The van der Waals surface area contributed by atoms with Crippen molar-refractivity contribution in [3.05, 3.63) is 46.5 Å². The highest BCUT2D eigenvalue weighted by atomic mass is 16.1. The minimum absolute atomic E-state index is 0.0737. The van der Waals surface area contributed by atoms with Gasteiger partial charge in [-0.15, -0.1) is 0 Å². The molecule has 0 saturated carbocycles. The van der Waals surface area contributed by atoms with Crippen molar-refractivity contribution >= 4 is 5.69 Å². The zero-order valence-electron chi connectivity index (χ0n) is 15.0. The molecule has 2 bridgehead atoms. The zero-order chi connectivity index (χ0) is 17.6. The van der Waals surface area contributed by atoms with Crippen LogP contribution in [-0.4, -0.2) is 34.1 Å². The van der Waals surface area contributed by atoms with Gasteiger partial charge in [0, 0.05) is 55.6 Å². The van der Waals surface area contributed by atoms with E-state index < -0.39 is 0 Å². The highest BCUT2D eigenvalue weighted by molar-refractivity contribution is 5.72. The maximum Gasteiger partial charge on any atom is 0.251 e. The molecule has 1 fully saturated rings. The van der Waals surface area contributed by atoms with E-state index in [1.165, 1.54) is 6.42 Å². The fraction of sp³-hybridized carbons (Fsp3) is 0.500. The van der Waals surface area contributed by atoms with Gasteiger partial charge >= 0.3 is 0 Å². The van der Waals surface area contributed by atoms with Crippen LogP contribution in [0.5, 0.6) is 0 Å². The van der Waals surface area contributed by atoms with Gasteiger partial charge in [0.1, 0.15) is 0 Å². The highest BCUT2D eigenvalue weighted by Crippen LogP contribution is 2.37. The lowest BCUT2D eigenvalue weighted by atomic mass is 9.82. The maximum absolute atomic E-state index is 12.7. The summed E-state index contributed by atoms with van der Waals surface area (Å²) in [6.45, 7) is 8.64. The molecule has 2 N–H and O–H groups in total. The molecular weight excluding hydrogens is 312 g/mol. The highest BCUT2D eigenvalue weighted by Gasteiger charge is 2.35. The normalized spacial score (nSPS) is 22.8. The SMILES string of the molecule is CC(C)CN1C[C@@H]2C[C@H](C1)c1cc(-c3ncccc3N)cc(=O)n1C2. The first-order valence-corrected chi connectivity index (χ1v) is 9.19. The number of hydrogen-bond donors (Lipinski definition) is 1. The Morgan fingerprint density at radius 3 is 2.88 bits per heavy atom. The van der Waals surface area contributed by atoms with Gasteiger partial charge in [0.2, 0.25) is 0 Å². The Morgan fingerprint density at radius 1 is 1.28 bits per heavy atom. The molecule has 4 heterocycles. The van der Waals surface area contributed by atoms with Crippen LogP contribution in [-0.2, 0) is 6.54 Å². The van der Waals surface area contributed by atoms with Crippen LogP contribution in [0, 0.1) is 11.8 Å². The summed E-state index contributed by atoms with van der Waals surface area (Å²) in [7, 11) is 0. The topological polar surface area (TPSA) is 64.2 Å². The minimum Gasteiger partial charge on any atom is -0.397 e. The Morgan fingerprint density at radius 2 is 2.12 bits per heavy atom.